The van der Waals surface area contributed by atoms with Gasteiger partial charge in [0.2, 0.25) is 0 Å². The highest BCUT2D eigenvalue weighted by Crippen LogP contribution is 2.33. The van der Waals surface area contributed by atoms with Gasteiger partial charge < -0.3 is 23.7 Å². The summed E-state index contributed by atoms with van der Waals surface area (Å²) in [5.74, 6) is 2.01. The van der Waals surface area contributed by atoms with Crippen molar-refractivity contribution < 1.29 is 28.5 Å². The van der Waals surface area contributed by atoms with Gasteiger partial charge in [-0.2, -0.15) is 0 Å². The summed E-state index contributed by atoms with van der Waals surface area (Å²) in [6.07, 6.45) is 23.4. The van der Waals surface area contributed by atoms with E-state index in [-0.39, 0.29) is 12.1 Å². The lowest BCUT2D eigenvalue weighted by Gasteiger charge is -2.42. The number of carbonyl (C=O) groups excluding carboxylic acids is 1. The molecule has 0 aromatic rings. The highest BCUT2D eigenvalue weighted by Gasteiger charge is 2.49. The van der Waals surface area contributed by atoms with Crippen LogP contribution in [0.2, 0.25) is 0 Å². The smallest absolute Gasteiger partial charge is 0.338 e. The Morgan fingerprint density at radius 3 is 1.35 bits per heavy atom. The van der Waals surface area contributed by atoms with E-state index in [2.05, 4.69) is 0 Å². The molecule has 0 amide bonds. The zero-order chi connectivity index (χ0) is 27.4. The van der Waals surface area contributed by atoms with Crippen molar-refractivity contribution in [2.24, 2.45) is 23.7 Å². The van der Waals surface area contributed by atoms with Crippen molar-refractivity contribution >= 4 is 5.97 Å². The third-order valence-electron chi connectivity index (χ3n) is 10.6. The maximum absolute atomic E-state index is 13.5. The number of hydrogen-bond acceptors (Lipinski definition) is 6. The van der Waals surface area contributed by atoms with Gasteiger partial charge in [-0.15, -0.1) is 0 Å². The molecule has 6 heteroatoms. The normalized spacial score (nSPS) is 32.2. The molecule has 5 fully saturated rings. The van der Waals surface area contributed by atoms with Crippen molar-refractivity contribution in [3.8, 4) is 0 Å². The number of esters is 1. The monoisotopic (exact) mass is 562 g/mol. The second kappa shape index (κ2) is 16.8. The van der Waals surface area contributed by atoms with Crippen molar-refractivity contribution in [1.29, 1.82) is 0 Å². The third kappa shape index (κ3) is 9.41. The number of cyclic esters (lactones) is 1. The maximum Gasteiger partial charge on any atom is 0.338 e. The Labute approximate surface area is 243 Å². The van der Waals surface area contributed by atoms with E-state index in [1.807, 2.05) is 0 Å². The highest BCUT2D eigenvalue weighted by molar-refractivity contribution is 5.77. The second-order valence-electron chi connectivity index (χ2n) is 13.9. The highest BCUT2D eigenvalue weighted by atomic mass is 16.6. The minimum atomic E-state index is -0.712. The molecule has 4 saturated carbocycles. The van der Waals surface area contributed by atoms with Gasteiger partial charge in [-0.3, -0.25) is 0 Å². The SMILES string of the molecule is O=C1O[C@H](COCC2CCCCC2)[C@@H](OCC2CCCCC2)[C@H](OCC2CCCCC2)[C@H]1OCC1CCCCC1. The average molecular weight is 563 g/mol. The van der Waals surface area contributed by atoms with Crippen LogP contribution in [0.3, 0.4) is 0 Å². The molecule has 0 spiro atoms. The Morgan fingerprint density at radius 1 is 0.475 bits per heavy atom. The molecule has 5 rings (SSSR count). The lowest BCUT2D eigenvalue weighted by atomic mass is 9.89. The van der Waals surface area contributed by atoms with Crippen molar-refractivity contribution in [2.75, 3.05) is 33.0 Å². The first kappa shape index (κ1) is 30.8. The van der Waals surface area contributed by atoms with E-state index in [1.165, 1.54) is 128 Å². The van der Waals surface area contributed by atoms with Gasteiger partial charge in [0, 0.05) is 6.61 Å². The predicted octanol–water partition coefficient (Wildman–Crippen LogP) is 7.41. The molecule has 40 heavy (non-hydrogen) atoms. The third-order valence-corrected chi connectivity index (χ3v) is 10.6. The lowest BCUT2D eigenvalue weighted by molar-refractivity contribution is -0.239. The lowest BCUT2D eigenvalue weighted by Crippen LogP contribution is -2.60. The van der Waals surface area contributed by atoms with Crippen molar-refractivity contribution in [1.82, 2.24) is 0 Å². The van der Waals surface area contributed by atoms with Crippen LogP contribution in [0.15, 0.2) is 0 Å². The van der Waals surface area contributed by atoms with Crippen LogP contribution in [-0.2, 0) is 28.5 Å². The summed E-state index contributed by atoms with van der Waals surface area (Å²) in [5.41, 5.74) is 0. The summed E-state index contributed by atoms with van der Waals surface area (Å²) >= 11 is 0. The number of carbonyl (C=O) groups is 1. The van der Waals surface area contributed by atoms with Gasteiger partial charge in [0.1, 0.15) is 12.2 Å². The van der Waals surface area contributed by atoms with Crippen LogP contribution >= 0.6 is 0 Å². The second-order valence-corrected chi connectivity index (χ2v) is 13.9. The van der Waals surface area contributed by atoms with E-state index in [0.717, 1.165) is 6.61 Å². The van der Waals surface area contributed by atoms with E-state index in [9.17, 15) is 4.79 Å². The Balaban J connectivity index is 1.26. The van der Waals surface area contributed by atoms with Crippen LogP contribution < -0.4 is 0 Å². The van der Waals surface area contributed by atoms with Gasteiger partial charge in [-0.1, -0.05) is 77.0 Å². The number of hydrogen-bond donors (Lipinski definition) is 0. The fraction of sp³-hybridized carbons (Fsp3) is 0.971. The van der Waals surface area contributed by atoms with Gasteiger partial charge in [0.25, 0.3) is 0 Å². The molecule has 0 N–H and O–H groups in total. The van der Waals surface area contributed by atoms with Crippen LogP contribution in [0.1, 0.15) is 128 Å². The number of ether oxygens (including phenoxy) is 5. The van der Waals surface area contributed by atoms with Crippen LogP contribution in [0.25, 0.3) is 0 Å². The van der Waals surface area contributed by atoms with E-state index in [4.69, 9.17) is 23.7 Å². The molecular formula is C34H58O6. The molecule has 1 saturated heterocycles. The summed E-state index contributed by atoms with van der Waals surface area (Å²) < 4.78 is 32.3. The molecule has 1 aliphatic heterocycles. The molecule has 6 nitrogen and oxygen atoms in total. The summed E-state index contributed by atoms with van der Waals surface area (Å²) in [6.45, 7) is 3.14. The molecule has 0 radical (unpaired) electrons. The molecule has 0 aromatic heterocycles. The maximum atomic E-state index is 13.5. The first-order chi connectivity index (χ1) is 19.8. The zero-order valence-corrected chi connectivity index (χ0v) is 25.2. The Kier molecular flexibility index (Phi) is 12.9. The standard InChI is InChI=1S/C34H58O6/c35-34-33(39-24-29-19-11-4-12-20-29)32(38-23-28-17-9-3-10-18-28)31(37-22-27-15-7-2-8-16-27)30(40-34)25-36-21-26-13-5-1-6-14-26/h26-33H,1-25H2/t30-,31-,32+,33-/m1/s1. The van der Waals surface area contributed by atoms with E-state index in [0.29, 0.717) is 50.1 Å². The Hall–Kier alpha value is -0.690. The summed E-state index contributed by atoms with van der Waals surface area (Å²) in [5, 5.41) is 0. The molecule has 0 unspecified atom stereocenters. The molecule has 0 bridgehead atoms. The first-order valence-electron chi connectivity index (χ1n) is 17.4. The zero-order valence-electron chi connectivity index (χ0n) is 25.2. The van der Waals surface area contributed by atoms with Crippen LogP contribution in [0.4, 0.5) is 0 Å². The van der Waals surface area contributed by atoms with Crippen LogP contribution in [0, 0.1) is 23.7 Å². The predicted molar refractivity (Wildman–Crippen MR) is 156 cm³/mol. The van der Waals surface area contributed by atoms with E-state index in [1.54, 1.807) is 0 Å². The van der Waals surface area contributed by atoms with Crippen LogP contribution in [-0.4, -0.2) is 63.4 Å². The van der Waals surface area contributed by atoms with Crippen LogP contribution in [0.5, 0.6) is 0 Å². The minimum absolute atomic E-state index is 0.284. The van der Waals surface area contributed by atoms with Crippen molar-refractivity contribution in [3.05, 3.63) is 0 Å². The Bertz CT molecular complexity index is 705. The molecule has 4 atom stereocenters. The molecule has 1 heterocycles. The largest absolute Gasteiger partial charge is 0.455 e. The Morgan fingerprint density at radius 2 is 0.875 bits per heavy atom. The molecule has 5 aliphatic rings. The van der Waals surface area contributed by atoms with Gasteiger partial charge >= 0.3 is 5.97 Å². The topological polar surface area (TPSA) is 63.2 Å². The first-order valence-corrected chi connectivity index (χ1v) is 17.4. The van der Waals surface area contributed by atoms with Gasteiger partial charge in [0.05, 0.1) is 26.4 Å². The minimum Gasteiger partial charge on any atom is -0.455 e. The van der Waals surface area contributed by atoms with E-state index < -0.39 is 18.3 Å². The van der Waals surface area contributed by atoms with Crippen molar-refractivity contribution in [2.45, 2.75) is 153 Å². The quantitative estimate of drug-likeness (QED) is 0.218. The van der Waals surface area contributed by atoms with Gasteiger partial charge in [0.15, 0.2) is 12.2 Å². The molecule has 230 valence electrons. The molecule has 0 aromatic carbocycles. The average Bonchev–Trinajstić information content (AvgIpc) is 3.01. The number of rotatable bonds is 13. The fourth-order valence-electron chi connectivity index (χ4n) is 7.98. The molecule has 4 aliphatic carbocycles. The fourth-order valence-corrected chi connectivity index (χ4v) is 7.98. The molecular weight excluding hydrogens is 504 g/mol. The summed E-state index contributed by atoms with van der Waals surface area (Å²) in [4.78, 5) is 13.5. The van der Waals surface area contributed by atoms with Gasteiger partial charge in [-0.05, 0) is 75.0 Å². The van der Waals surface area contributed by atoms with Crippen molar-refractivity contribution in [3.63, 3.8) is 0 Å². The van der Waals surface area contributed by atoms with Gasteiger partial charge in [-0.25, -0.2) is 4.79 Å². The summed E-state index contributed by atoms with van der Waals surface area (Å²) in [7, 11) is 0. The summed E-state index contributed by atoms with van der Waals surface area (Å²) in [6, 6.07) is 0. The van der Waals surface area contributed by atoms with E-state index >= 15 is 0 Å².